The summed E-state index contributed by atoms with van der Waals surface area (Å²) in [6, 6.07) is 0.252. The Morgan fingerprint density at radius 3 is 2.41 bits per heavy atom. The molecule has 0 spiro atoms. The zero-order valence-electron chi connectivity index (χ0n) is 11.7. The van der Waals surface area contributed by atoms with Gasteiger partial charge in [-0.2, -0.15) is 0 Å². The number of rotatable bonds is 7. The molecule has 0 amide bonds. The first-order chi connectivity index (χ1) is 7.81. The van der Waals surface area contributed by atoms with Crippen molar-refractivity contribution in [2.45, 2.75) is 59.5 Å². The molecule has 2 N–H and O–H groups in total. The maximum absolute atomic E-state index is 11.3. The molecule has 0 aromatic heterocycles. The molecule has 0 fully saturated rings. The van der Waals surface area contributed by atoms with E-state index in [0.29, 0.717) is 19.4 Å². The monoisotopic (exact) mass is 245 g/mol. The van der Waals surface area contributed by atoms with Crippen molar-refractivity contribution in [2.75, 3.05) is 13.2 Å². The van der Waals surface area contributed by atoms with Crippen LogP contribution in [0.4, 0.5) is 0 Å². The van der Waals surface area contributed by atoms with Crippen LogP contribution in [-0.2, 0) is 9.53 Å². The molecule has 2 unspecified atom stereocenters. The van der Waals surface area contributed by atoms with E-state index in [4.69, 9.17) is 9.84 Å². The topological polar surface area (TPSA) is 58.6 Å². The standard InChI is InChI=1S/C13H27NO3/c1-6-17-12(16)9-10(2)14-11(7-8-15)13(3,4)5/h10-11,14-15H,6-9H2,1-5H3. The minimum Gasteiger partial charge on any atom is -0.466 e. The summed E-state index contributed by atoms with van der Waals surface area (Å²) >= 11 is 0. The van der Waals surface area contributed by atoms with Gasteiger partial charge in [0.05, 0.1) is 13.0 Å². The van der Waals surface area contributed by atoms with Gasteiger partial charge in [0.15, 0.2) is 0 Å². The lowest BCUT2D eigenvalue weighted by atomic mass is 9.84. The molecule has 0 saturated carbocycles. The van der Waals surface area contributed by atoms with Crippen LogP contribution in [0.2, 0.25) is 0 Å². The smallest absolute Gasteiger partial charge is 0.307 e. The van der Waals surface area contributed by atoms with Gasteiger partial charge >= 0.3 is 5.97 Å². The highest BCUT2D eigenvalue weighted by Gasteiger charge is 2.25. The fourth-order valence-corrected chi connectivity index (χ4v) is 1.77. The molecule has 0 aliphatic carbocycles. The minimum atomic E-state index is -0.177. The van der Waals surface area contributed by atoms with Crippen LogP contribution in [0.3, 0.4) is 0 Å². The normalized spacial score (nSPS) is 15.4. The Hall–Kier alpha value is -0.610. The fraction of sp³-hybridized carbons (Fsp3) is 0.923. The number of hydrogen-bond donors (Lipinski definition) is 2. The van der Waals surface area contributed by atoms with Crippen LogP contribution in [0.5, 0.6) is 0 Å². The van der Waals surface area contributed by atoms with E-state index >= 15 is 0 Å². The fourth-order valence-electron chi connectivity index (χ4n) is 1.77. The van der Waals surface area contributed by atoms with E-state index in [2.05, 4.69) is 26.1 Å². The zero-order valence-corrected chi connectivity index (χ0v) is 11.7. The van der Waals surface area contributed by atoms with Crippen molar-refractivity contribution in [1.82, 2.24) is 5.32 Å². The first-order valence-electron chi connectivity index (χ1n) is 6.33. The number of carbonyl (C=O) groups is 1. The lowest BCUT2D eigenvalue weighted by Crippen LogP contribution is -2.46. The number of hydrogen-bond acceptors (Lipinski definition) is 4. The van der Waals surface area contributed by atoms with Gasteiger partial charge in [-0.1, -0.05) is 20.8 Å². The summed E-state index contributed by atoms with van der Waals surface area (Å²) < 4.78 is 4.91. The van der Waals surface area contributed by atoms with Crippen molar-refractivity contribution >= 4 is 5.97 Å². The van der Waals surface area contributed by atoms with Crippen LogP contribution in [0.15, 0.2) is 0 Å². The van der Waals surface area contributed by atoms with E-state index in [9.17, 15) is 4.79 Å². The van der Waals surface area contributed by atoms with E-state index in [0.717, 1.165) is 0 Å². The lowest BCUT2D eigenvalue weighted by Gasteiger charge is -2.33. The van der Waals surface area contributed by atoms with E-state index in [1.54, 1.807) is 6.92 Å². The average molecular weight is 245 g/mol. The number of aliphatic hydroxyl groups excluding tert-OH is 1. The SMILES string of the molecule is CCOC(=O)CC(C)NC(CCO)C(C)(C)C. The Balaban J connectivity index is 4.21. The number of nitrogens with one attached hydrogen (secondary N) is 1. The van der Waals surface area contributed by atoms with Gasteiger partial charge in [-0.05, 0) is 25.7 Å². The highest BCUT2D eigenvalue weighted by atomic mass is 16.5. The van der Waals surface area contributed by atoms with Crippen molar-refractivity contribution in [3.63, 3.8) is 0 Å². The summed E-state index contributed by atoms with van der Waals surface area (Å²) in [5.74, 6) is -0.177. The summed E-state index contributed by atoms with van der Waals surface area (Å²) in [5.41, 5.74) is 0.0612. The van der Waals surface area contributed by atoms with E-state index < -0.39 is 0 Å². The molecule has 0 aliphatic rings. The summed E-state index contributed by atoms with van der Waals surface area (Å²) in [7, 11) is 0. The highest BCUT2D eigenvalue weighted by molar-refractivity contribution is 5.70. The van der Waals surface area contributed by atoms with E-state index in [1.165, 1.54) is 0 Å². The lowest BCUT2D eigenvalue weighted by molar-refractivity contribution is -0.143. The van der Waals surface area contributed by atoms with Gasteiger partial charge in [0.2, 0.25) is 0 Å². The van der Waals surface area contributed by atoms with Crippen LogP contribution < -0.4 is 5.32 Å². The molecular formula is C13H27NO3. The molecule has 0 aromatic rings. The van der Waals surface area contributed by atoms with Crippen LogP contribution in [0, 0.1) is 5.41 Å². The number of aliphatic hydroxyl groups is 1. The summed E-state index contributed by atoms with van der Waals surface area (Å²) in [5, 5.41) is 12.4. The third-order valence-electron chi connectivity index (χ3n) is 2.73. The second kappa shape index (κ2) is 7.67. The molecule has 4 nitrogen and oxygen atoms in total. The maximum atomic E-state index is 11.3. The van der Waals surface area contributed by atoms with Gasteiger partial charge < -0.3 is 15.2 Å². The van der Waals surface area contributed by atoms with Gasteiger partial charge in [0.25, 0.3) is 0 Å². The van der Waals surface area contributed by atoms with E-state index in [-0.39, 0.29) is 30.1 Å². The predicted molar refractivity (Wildman–Crippen MR) is 68.8 cm³/mol. The first-order valence-corrected chi connectivity index (χ1v) is 6.33. The molecule has 0 bridgehead atoms. The quantitative estimate of drug-likeness (QED) is 0.670. The third-order valence-corrected chi connectivity index (χ3v) is 2.73. The maximum Gasteiger partial charge on any atom is 0.307 e. The van der Waals surface area contributed by atoms with Crippen molar-refractivity contribution in [3.8, 4) is 0 Å². The van der Waals surface area contributed by atoms with Crippen molar-refractivity contribution in [2.24, 2.45) is 5.41 Å². The largest absolute Gasteiger partial charge is 0.466 e. The Labute approximate surface area is 105 Å². The molecule has 0 aromatic carbocycles. The molecular weight excluding hydrogens is 218 g/mol. The molecule has 0 aliphatic heterocycles. The molecule has 0 rings (SSSR count). The first kappa shape index (κ1) is 16.4. The highest BCUT2D eigenvalue weighted by Crippen LogP contribution is 2.22. The van der Waals surface area contributed by atoms with Gasteiger partial charge in [-0.25, -0.2) is 0 Å². The van der Waals surface area contributed by atoms with Crippen LogP contribution in [0.1, 0.15) is 47.5 Å². The number of carbonyl (C=O) groups excluding carboxylic acids is 1. The Morgan fingerprint density at radius 1 is 1.41 bits per heavy atom. The van der Waals surface area contributed by atoms with E-state index in [1.807, 2.05) is 6.92 Å². The Morgan fingerprint density at radius 2 is 2.00 bits per heavy atom. The molecule has 0 heterocycles. The van der Waals surface area contributed by atoms with Gasteiger partial charge in [0, 0.05) is 18.7 Å². The number of ether oxygens (including phenoxy) is 1. The summed E-state index contributed by atoms with van der Waals surface area (Å²) in [6.07, 6.45) is 1.06. The van der Waals surface area contributed by atoms with Gasteiger partial charge in [-0.15, -0.1) is 0 Å². The average Bonchev–Trinajstić information content (AvgIpc) is 2.15. The molecule has 4 heteroatoms. The van der Waals surface area contributed by atoms with Crippen LogP contribution >= 0.6 is 0 Å². The molecule has 102 valence electrons. The van der Waals surface area contributed by atoms with Crippen LogP contribution in [0.25, 0.3) is 0 Å². The zero-order chi connectivity index (χ0) is 13.5. The van der Waals surface area contributed by atoms with Crippen molar-refractivity contribution in [1.29, 1.82) is 0 Å². The van der Waals surface area contributed by atoms with Gasteiger partial charge in [0.1, 0.15) is 0 Å². The second-order valence-corrected chi connectivity index (χ2v) is 5.51. The van der Waals surface area contributed by atoms with Crippen molar-refractivity contribution < 1.29 is 14.6 Å². The molecule has 17 heavy (non-hydrogen) atoms. The van der Waals surface area contributed by atoms with Crippen molar-refractivity contribution in [3.05, 3.63) is 0 Å². The second-order valence-electron chi connectivity index (χ2n) is 5.51. The molecule has 0 saturated heterocycles. The molecule has 0 radical (unpaired) electrons. The number of esters is 1. The third kappa shape index (κ3) is 7.34. The predicted octanol–water partition coefficient (Wildman–Crippen LogP) is 1.71. The Kier molecular flexibility index (Phi) is 7.39. The Bertz CT molecular complexity index is 223. The minimum absolute atomic E-state index is 0.0600. The summed E-state index contributed by atoms with van der Waals surface area (Å²) in [6.45, 7) is 10.7. The van der Waals surface area contributed by atoms with Gasteiger partial charge in [-0.3, -0.25) is 4.79 Å². The van der Waals surface area contributed by atoms with Crippen LogP contribution in [-0.4, -0.2) is 36.4 Å². The molecule has 2 atom stereocenters. The summed E-state index contributed by atoms with van der Waals surface area (Å²) in [4.78, 5) is 11.3.